The molecular formula is C21H42Br2N4O. The van der Waals surface area contributed by atoms with E-state index in [1.54, 1.807) is 0 Å². The second kappa shape index (κ2) is 11.4. The zero-order chi connectivity index (χ0) is 17.9. The molecule has 28 heavy (non-hydrogen) atoms. The van der Waals surface area contributed by atoms with Crippen LogP contribution in [0.1, 0.15) is 32.6 Å². The Morgan fingerprint density at radius 2 is 1.00 bits per heavy atom. The summed E-state index contributed by atoms with van der Waals surface area (Å²) in [5, 5.41) is 0. The van der Waals surface area contributed by atoms with Gasteiger partial charge in [-0.2, -0.15) is 0 Å². The molecule has 2 spiro atoms. The third-order valence-corrected chi connectivity index (χ3v) is 7.92. The van der Waals surface area contributed by atoms with Crippen LogP contribution in [0.25, 0.3) is 0 Å². The Balaban J connectivity index is 0.00000140. The second-order valence-corrected chi connectivity index (χ2v) is 9.56. The average Bonchev–Trinajstić information content (AvgIpc) is 3.30. The quantitative estimate of drug-likeness (QED) is 0.324. The third-order valence-electron chi connectivity index (χ3n) is 7.92. The van der Waals surface area contributed by atoms with Crippen molar-refractivity contribution < 1.29 is 47.7 Å². The van der Waals surface area contributed by atoms with Crippen LogP contribution in [0.2, 0.25) is 0 Å². The van der Waals surface area contributed by atoms with Crippen molar-refractivity contribution in [2.75, 3.05) is 98.2 Å². The van der Waals surface area contributed by atoms with Crippen LogP contribution in [0, 0.1) is 0 Å². The molecular weight excluding hydrogens is 484 g/mol. The number of halogens is 2. The van der Waals surface area contributed by atoms with Gasteiger partial charge in [-0.15, -0.1) is 0 Å². The van der Waals surface area contributed by atoms with Crippen molar-refractivity contribution in [3.8, 4) is 0 Å². The Morgan fingerprint density at radius 3 is 1.32 bits per heavy atom. The second-order valence-electron chi connectivity index (χ2n) is 9.56. The molecule has 0 amide bonds. The molecule has 0 unspecified atom stereocenters. The van der Waals surface area contributed by atoms with E-state index in [2.05, 4.69) is 16.7 Å². The van der Waals surface area contributed by atoms with Gasteiger partial charge < -0.3 is 47.7 Å². The lowest BCUT2D eigenvalue weighted by atomic mass is 10.2. The molecule has 166 valence electrons. The van der Waals surface area contributed by atoms with Crippen molar-refractivity contribution in [2.45, 2.75) is 38.7 Å². The Hall–Kier alpha value is 0.760. The first kappa shape index (κ1) is 25.0. The Kier molecular flexibility index (Phi) is 10.2. The number of piperazine rings is 2. The monoisotopic (exact) mass is 524 g/mol. The molecule has 0 radical (unpaired) electrons. The summed E-state index contributed by atoms with van der Waals surface area (Å²) in [5.41, 5.74) is 0. The zero-order valence-electron chi connectivity index (χ0n) is 18.0. The first-order chi connectivity index (χ1) is 12.7. The minimum atomic E-state index is 0. The topological polar surface area (TPSA) is 15.7 Å². The molecule has 4 heterocycles. The van der Waals surface area contributed by atoms with Crippen LogP contribution in [-0.4, -0.2) is 123 Å². The molecule has 0 bridgehead atoms. The fraction of sp³-hybridized carbons (Fsp3) is 1.00. The molecule has 0 aliphatic carbocycles. The molecule has 0 atom stereocenters. The maximum Gasteiger partial charge on any atom is 0.0916 e. The molecule has 4 saturated heterocycles. The number of nitrogens with zero attached hydrogens (tertiary/aromatic N) is 4. The molecule has 0 N–H and O–H groups in total. The van der Waals surface area contributed by atoms with Gasteiger partial charge in [0.25, 0.3) is 0 Å². The Bertz CT molecular complexity index is 398. The van der Waals surface area contributed by atoms with Crippen LogP contribution >= 0.6 is 0 Å². The van der Waals surface area contributed by atoms with Crippen LogP contribution in [0.15, 0.2) is 0 Å². The van der Waals surface area contributed by atoms with Gasteiger partial charge in [-0.1, -0.05) is 0 Å². The highest BCUT2D eigenvalue weighted by Crippen LogP contribution is 2.24. The van der Waals surface area contributed by atoms with Crippen molar-refractivity contribution in [3.63, 3.8) is 0 Å². The van der Waals surface area contributed by atoms with Crippen molar-refractivity contribution in [1.82, 2.24) is 9.80 Å². The molecule has 0 aromatic rings. The lowest BCUT2D eigenvalue weighted by molar-refractivity contribution is -0.920. The van der Waals surface area contributed by atoms with Crippen LogP contribution in [0.3, 0.4) is 0 Å². The van der Waals surface area contributed by atoms with Gasteiger partial charge in [0.15, 0.2) is 0 Å². The van der Waals surface area contributed by atoms with Crippen LogP contribution in [-0.2, 0) is 4.74 Å². The van der Waals surface area contributed by atoms with Gasteiger partial charge in [-0.25, -0.2) is 0 Å². The zero-order valence-corrected chi connectivity index (χ0v) is 21.1. The summed E-state index contributed by atoms with van der Waals surface area (Å²) in [6, 6.07) is 0. The molecule has 4 aliphatic heterocycles. The summed E-state index contributed by atoms with van der Waals surface area (Å²) in [5.74, 6) is 0. The van der Waals surface area contributed by atoms with Crippen molar-refractivity contribution in [2.24, 2.45) is 0 Å². The van der Waals surface area contributed by atoms with Crippen molar-refractivity contribution in [1.29, 1.82) is 0 Å². The smallest absolute Gasteiger partial charge is 0.0916 e. The summed E-state index contributed by atoms with van der Waals surface area (Å²) in [6.45, 7) is 21.7. The first-order valence-electron chi connectivity index (χ1n) is 11.5. The van der Waals surface area contributed by atoms with Crippen LogP contribution in [0.5, 0.6) is 0 Å². The maximum absolute atomic E-state index is 6.19. The SMILES string of the molecule is CCOC(CN1CC[N+]2(CCCC2)CC1)CN1CC[N+]2(CCCC2)CC1.[Br-].[Br-]. The van der Waals surface area contributed by atoms with Crippen LogP contribution in [0.4, 0.5) is 0 Å². The average molecular weight is 526 g/mol. The number of hydrogen-bond donors (Lipinski definition) is 0. The summed E-state index contributed by atoms with van der Waals surface area (Å²) in [6.07, 6.45) is 6.22. The number of ether oxygens (including phenoxy) is 1. The van der Waals surface area contributed by atoms with E-state index in [0.717, 1.165) is 19.7 Å². The summed E-state index contributed by atoms with van der Waals surface area (Å²) >= 11 is 0. The highest BCUT2D eigenvalue weighted by atomic mass is 79.9. The molecule has 4 rings (SSSR count). The Morgan fingerprint density at radius 1 is 0.643 bits per heavy atom. The van der Waals surface area contributed by atoms with Gasteiger partial charge in [-0.3, -0.25) is 9.80 Å². The summed E-state index contributed by atoms with van der Waals surface area (Å²) < 4.78 is 9.03. The minimum absolute atomic E-state index is 0. The standard InChI is InChI=1S/C21H42N4O.2BrH/c1-2-26-21(19-22-7-15-24(16-8-22)11-3-4-12-24)20-23-9-17-25(18-10-23)13-5-6-14-25;;/h21H,2-20H2,1H3;2*1H/q+2;;/p-2. The summed E-state index contributed by atoms with van der Waals surface area (Å²) in [4.78, 5) is 5.39. The first-order valence-corrected chi connectivity index (χ1v) is 11.5. The molecule has 4 aliphatic rings. The summed E-state index contributed by atoms with van der Waals surface area (Å²) in [7, 11) is 0. The molecule has 0 aromatic carbocycles. The normalized spacial score (nSPS) is 27.2. The van der Waals surface area contributed by atoms with E-state index in [9.17, 15) is 0 Å². The van der Waals surface area contributed by atoms with Crippen molar-refractivity contribution in [3.05, 3.63) is 0 Å². The number of rotatable bonds is 6. The number of quaternary nitrogens is 2. The lowest BCUT2D eigenvalue weighted by Crippen LogP contribution is -3.00. The Labute approximate surface area is 194 Å². The predicted molar refractivity (Wildman–Crippen MR) is 106 cm³/mol. The van der Waals surface area contributed by atoms with E-state index in [-0.39, 0.29) is 34.0 Å². The highest BCUT2D eigenvalue weighted by molar-refractivity contribution is 4.76. The van der Waals surface area contributed by atoms with Gasteiger partial charge in [0.1, 0.15) is 0 Å². The van der Waals surface area contributed by atoms with E-state index in [4.69, 9.17) is 4.74 Å². The predicted octanol–water partition coefficient (Wildman–Crippen LogP) is -4.75. The van der Waals surface area contributed by atoms with Crippen molar-refractivity contribution >= 4 is 0 Å². The van der Waals surface area contributed by atoms with Gasteiger partial charge in [-0.05, 0) is 6.92 Å². The fourth-order valence-electron chi connectivity index (χ4n) is 6.11. The molecule has 0 saturated carbocycles. The molecule has 0 aromatic heterocycles. The maximum atomic E-state index is 6.19. The lowest BCUT2D eigenvalue weighted by Gasteiger charge is -2.44. The van der Waals surface area contributed by atoms with E-state index in [1.165, 1.54) is 113 Å². The van der Waals surface area contributed by atoms with Gasteiger partial charge in [0.2, 0.25) is 0 Å². The highest BCUT2D eigenvalue weighted by Gasteiger charge is 2.38. The third kappa shape index (κ3) is 6.14. The van der Waals surface area contributed by atoms with Gasteiger partial charge in [0.05, 0.1) is 58.5 Å². The van der Waals surface area contributed by atoms with Gasteiger partial charge in [0, 0.05) is 71.6 Å². The van der Waals surface area contributed by atoms with Crippen LogP contribution < -0.4 is 34.0 Å². The molecule has 5 nitrogen and oxygen atoms in total. The van der Waals surface area contributed by atoms with E-state index >= 15 is 0 Å². The van der Waals surface area contributed by atoms with E-state index in [1.807, 2.05) is 0 Å². The minimum Gasteiger partial charge on any atom is -1.00 e. The molecule has 7 heteroatoms. The van der Waals surface area contributed by atoms with E-state index in [0.29, 0.717) is 6.10 Å². The van der Waals surface area contributed by atoms with E-state index < -0.39 is 0 Å². The van der Waals surface area contributed by atoms with Gasteiger partial charge >= 0.3 is 0 Å². The number of hydrogen-bond acceptors (Lipinski definition) is 3. The largest absolute Gasteiger partial charge is 1.00 e. The molecule has 4 fully saturated rings. The fourth-order valence-corrected chi connectivity index (χ4v) is 6.11.